The van der Waals surface area contributed by atoms with Crippen LogP contribution in [0.5, 0.6) is 5.75 Å². The smallest absolute Gasteiger partial charge is 0.353 e. The van der Waals surface area contributed by atoms with Gasteiger partial charge in [0.05, 0.1) is 23.4 Å². The fourth-order valence-electron chi connectivity index (χ4n) is 2.83. The van der Waals surface area contributed by atoms with Gasteiger partial charge in [0, 0.05) is 30.0 Å². The second-order valence-corrected chi connectivity index (χ2v) is 9.77. The topological polar surface area (TPSA) is 89.2 Å². The van der Waals surface area contributed by atoms with Gasteiger partial charge in [-0.05, 0) is 42.2 Å². The number of aryl methyl sites for hydroxylation is 1. The van der Waals surface area contributed by atoms with Gasteiger partial charge in [-0.15, -0.1) is 0 Å². The molecule has 1 aliphatic rings. The number of hydroxylamine groups is 1. The number of nitrogens with zero attached hydrogens (tertiary/aromatic N) is 2. The van der Waals surface area contributed by atoms with Gasteiger partial charge >= 0.3 is 9.15 Å². The molecule has 0 bridgehead atoms. The normalized spacial score (nSPS) is 15.8. The number of allylic oxidation sites excluding steroid dienone is 4. The van der Waals surface area contributed by atoms with Gasteiger partial charge in [0.2, 0.25) is 5.71 Å². The molecule has 0 saturated carbocycles. The predicted octanol–water partition coefficient (Wildman–Crippen LogP) is 3.34. The molecule has 0 fully saturated rings. The summed E-state index contributed by atoms with van der Waals surface area (Å²) in [5.41, 5.74) is 6.77. The summed E-state index contributed by atoms with van der Waals surface area (Å²) in [5.74, 6) is 0.678. The molecule has 1 aromatic rings. The fraction of sp³-hybridized carbons (Fsp3) is 0.400. The van der Waals surface area contributed by atoms with Crippen LogP contribution in [-0.2, 0) is 24.8 Å². The Labute approximate surface area is 181 Å². The molecule has 0 aromatic heterocycles. The van der Waals surface area contributed by atoms with E-state index in [2.05, 4.69) is 14.7 Å². The Kier molecular flexibility index (Phi) is 8.80. The molecule has 10 heteroatoms. The monoisotopic (exact) mass is 454 g/mol. The van der Waals surface area contributed by atoms with E-state index in [4.69, 9.17) is 9.83 Å². The second-order valence-electron chi connectivity index (χ2n) is 6.49. The number of hydrogen-bond acceptors (Lipinski definition) is 8. The van der Waals surface area contributed by atoms with E-state index in [-0.39, 0.29) is 0 Å². The zero-order valence-electron chi connectivity index (χ0n) is 18.1. The Bertz CT molecular complexity index is 1010. The van der Waals surface area contributed by atoms with Crippen LogP contribution in [0.15, 0.2) is 45.8 Å². The van der Waals surface area contributed by atoms with Crippen molar-refractivity contribution in [2.24, 2.45) is 4.99 Å². The molecule has 0 saturated heterocycles. The van der Waals surface area contributed by atoms with E-state index in [1.54, 1.807) is 13.1 Å². The van der Waals surface area contributed by atoms with E-state index in [0.29, 0.717) is 33.6 Å². The highest BCUT2D eigenvalue weighted by Gasteiger charge is 2.27. The van der Waals surface area contributed by atoms with E-state index < -0.39 is 9.15 Å². The summed E-state index contributed by atoms with van der Waals surface area (Å²) in [5, 5.41) is 0. The molecule has 2 rings (SSSR count). The van der Waals surface area contributed by atoms with E-state index in [1.165, 1.54) is 0 Å². The third-order valence-corrected chi connectivity index (χ3v) is 6.58. The molecular weight excluding hydrogens is 426 g/mol. The predicted molar refractivity (Wildman–Crippen MR) is 121 cm³/mol. The maximum Gasteiger partial charge on any atom is 0.353 e. The number of nitrogens with one attached hydrogen (secondary N) is 1. The molecule has 0 unspecified atom stereocenters. The van der Waals surface area contributed by atoms with Crippen molar-refractivity contribution in [1.82, 2.24) is 5.48 Å². The second kappa shape index (κ2) is 10.9. The highest BCUT2D eigenvalue weighted by atomic mass is 33.1. The van der Waals surface area contributed by atoms with Gasteiger partial charge in [-0.1, -0.05) is 18.2 Å². The van der Waals surface area contributed by atoms with Crippen LogP contribution < -0.4 is 10.3 Å². The fourth-order valence-corrected chi connectivity index (χ4v) is 4.96. The molecule has 1 aromatic carbocycles. The van der Waals surface area contributed by atoms with E-state index >= 15 is 0 Å². The quantitative estimate of drug-likeness (QED) is 0.201. The van der Waals surface area contributed by atoms with Crippen LogP contribution in [0.25, 0.3) is 0 Å². The molecule has 30 heavy (non-hydrogen) atoms. The van der Waals surface area contributed by atoms with Crippen LogP contribution in [-0.4, -0.2) is 52.7 Å². The lowest BCUT2D eigenvalue weighted by Gasteiger charge is -2.17. The first-order valence-corrected chi connectivity index (χ1v) is 12.2. The van der Waals surface area contributed by atoms with Crippen LogP contribution in [0.3, 0.4) is 0 Å². The van der Waals surface area contributed by atoms with Crippen LogP contribution in [0.1, 0.15) is 25.8 Å². The SMILES string of the molecule is CCC1=CC(=[N+](C)C)C=C(SS(=O)(=O)OOC)C1=Nc1ccc(ONC)cc1CC. The first-order valence-electron chi connectivity index (χ1n) is 9.43. The molecule has 1 N–H and O–H groups in total. The van der Waals surface area contributed by atoms with Gasteiger partial charge in [-0.3, -0.25) is 0 Å². The highest BCUT2D eigenvalue weighted by Crippen LogP contribution is 2.35. The summed E-state index contributed by atoms with van der Waals surface area (Å²) in [6.07, 6.45) is 5.21. The molecule has 0 amide bonds. The van der Waals surface area contributed by atoms with Crippen LogP contribution in [0, 0.1) is 0 Å². The third-order valence-electron chi connectivity index (χ3n) is 4.26. The average Bonchev–Trinajstić information content (AvgIpc) is 2.69. The lowest BCUT2D eigenvalue weighted by atomic mass is 9.99. The summed E-state index contributed by atoms with van der Waals surface area (Å²) in [7, 11) is 3.20. The van der Waals surface area contributed by atoms with Crippen molar-refractivity contribution in [2.75, 3.05) is 28.3 Å². The lowest BCUT2D eigenvalue weighted by molar-refractivity contribution is -0.462. The summed E-state index contributed by atoms with van der Waals surface area (Å²) < 4.78 is 30.9. The Morgan fingerprint density at radius 3 is 2.47 bits per heavy atom. The van der Waals surface area contributed by atoms with Crippen molar-refractivity contribution < 1.29 is 27.1 Å². The third kappa shape index (κ3) is 6.26. The Balaban J connectivity index is 2.62. The minimum atomic E-state index is -4.01. The van der Waals surface area contributed by atoms with Crippen molar-refractivity contribution in [3.63, 3.8) is 0 Å². The molecule has 0 atom stereocenters. The van der Waals surface area contributed by atoms with Crippen molar-refractivity contribution in [1.29, 1.82) is 0 Å². The molecule has 0 spiro atoms. The number of rotatable bonds is 9. The highest BCUT2D eigenvalue weighted by molar-refractivity contribution is 8.72. The van der Waals surface area contributed by atoms with Gasteiger partial charge in [-0.25, -0.2) is 14.5 Å². The number of benzene rings is 1. The van der Waals surface area contributed by atoms with E-state index in [9.17, 15) is 8.42 Å². The first kappa shape index (κ1) is 24.3. The average molecular weight is 455 g/mol. The Hall–Kier alpha value is -1.98. The molecule has 8 nitrogen and oxygen atoms in total. The van der Waals surface area contributed by atoms with Gasteiger partial charge in [0.1, 0.15) is 19.8 Å². The maximum atomic E-state index is 12.3. The summed E-state index contributed by atoms with van der Waals surface area (Å²) >= 11 is 0. The molecule has 0 heterocycles. The lowest BCUT2D eigenvalue weighted by Crippen LogP contribution is -2.19. The van der Waals surface area contributed by atoms with Gasteiger partial charge in [0.25, 0.3) is 0 Å². The van der Waals surface area contributed by atoms with Crippen LogP contribution in [0.4, 0.5) is 5.69 Å². The molecular formula is C20H28N3O5S2+. The van der Waals surface area contributed by atoms with Crippen molar-refractivity contribution in [3.8, 4) is 5.75 Å². The van der Waals surface area contributed by atoms with Crippen molar-refractivity contribution >= 4 is 37.1 Å². The minimum Gasteiger partial charge on any atom is -0.409 e. The first-order chi connectivity index (χ1) is 14.2. The van der Waals surface area contributed by atoms with Crippen molar-refractivity contribution in [2.45, 2.75) is 26.7 Å². The zero-order valence-corrected chi connectivity index (χ0v) is 19.7. The van der Waals surface area contributed by atoms with Gasteiger partial charge < -0.3 is 4.84 Å². The van der Waals surface area contributed by atoms with Crippen molar-refractivity contribution in [3.05, 3.63) is 46.4 Å². The largest absolute Gasteiger partial charge is 0.409 e. The Morgan fingerprint density at radius 2 is 1.90 bits per heavy atom. The van der Waals surface area contributed by atoms with Gasteiger partial charge in [-0.2, -0.15) is 13.9 Å². The Morgan fingerprint density at radius 1 is 1.17 bits per heavy atom. The maximum absolute atomic E-state index is 12.3. The van der Waals surface area contributed by atoms with Crippen LogP contribution in [0.2, 0.25) is 0 Å². The van der Waals surface area contributed by atoms with E-state index in [1.807, 2.05) is 56.8 Å². The molecule has 0 radical (unpaired) electrons. The van der Waals surface area contributed by atoms with Crippen LogP contribution >= 0.6 is 10.8 Å². The van der Waals surface area contributed by atoms with E-state index in [0.717, 1.165) is 36.1 Å². The number of aliphatic imine (C=N–C) groups is 1. The summed E-state index contributed by atoms with van der Waals surface area (Å²) in [4.78, 5) is 15.0. The molecule has 0 aliphatic heterocycles. The minimum absolute atomic E-state index is 0.465. The number of hydrogen-bond donors (Lipinski definition) is 1. The zero-order chi connectivity index (χ0) is 22.3. The molecule has 1 aliphatic carbocycles. The summed E-state index contributed by atoms with van der Waals surface area (Å²) in [6.45, 7) is 4.03. The van der Waals surface area contributed by atoms with Gasteiger partial charge in [0.15, 0.2) is 0 Å². The summed E-state index contributed by atoms with van der Waals surface area (Å²) in [6, 6.07) is 5.58. The molecule has 164 valence electrons. The standard InChI is InChI=1S/C20H28N3O5S2/c1-7-14-12-17(27-21-3)9-10-18(14)22-20-15(8-2)11-16(23(4)5)13-19(20)29-30(24,25)28-26-6/h9-13,21H,7-8H2,1-6H3/q+1.